The Morgan fingerprint density at radius 2 is 1.95 bits per heavy atom. The van der Waals surface area contributed by atoms with Crippen molar-refractivity contribution in [2.75, 3.05) is 0 Å². The average molecular weight is 357 g/mol. The van der Waals surface area contributed by atoms with Crippen molar-refractivity contribution in [3.63, 3.8) is 0 Å². The molecule has 1 aromatic heterocycles. The average Bonchev–Trinajstić information content (AvgIpc) is 2.71. The van der Waals surface area contributed by atoms with Crippen LogP contribution in [0.5, 0.6) is 0 Å². The molecule has 0 saturated carbocycles. The van der Waals surface area contributed by atoms with Gasteiger partial charge in [-0.2, -0.15) is 0 Å². The molecule has 0 radical (unpaired) electrons. The summed E-state index contributed by atoms with van der Waals surface area (Å²) in [6.45, 7) is 0. The van der Waals surface area contributed by atoms with Crippen molar-refractivity contribution in [3.05, 3.63) is 62.4 Å². The molecule has 1 heterocycles. The zero-order chi connectivity index (χ0) is 13.4. The first kappa shape index (κ1) is 13.0. The molecular weight excluding hydrogens is 349 g/mol. The third kappa shape index (κ3) is 2.78. The van der Waals surface area contributed by atoms with Gasteiger partial charge in [0.05, 0.1) is 4.47 Å². The van der Waals surface area contributed by atoms with E-state index in [1.54, 1.807) is 12.1 Å². The summed E-state index contributed by atoms with van der Waals surface area (Å²) in [7, 11) is 0. The number of oxazole rings is 1. The van der Waals surface area contributed by atoms with Gasteiger partial charge in [-0.15, -0.1) is 0 Å². The second-order valence-corrected chi connectivity index (χ2v) is 5.88. The highest BCUT2D eigenvalue weighted by molar-refractivity contribution is 9.10. The molecule has 0 fully saturated rings. The lowest BCUT2D eigenvalue weighted by molar-refractivity contribution is 0.543. The van der Waals surface area contributed by atoms with Crippen LogP contribution in [0.4, 0.5) is 0 Å². The van der Waals surface area contributed by atoms with Crippen molar-refractivity contribution in [2.45, 2.75) is 6.42 Å². The smallest absolute Gasteiger partial charge is 0.199 e. The van der Waals surface area contributed by atoms with Crippen molar-refractivity contribution >= 4 is 50.2 Å². The molecular formula is C14H8BrCl2NO. The van der Waals surface area contributed by atoms with Crippen molar-refractivity contribution in [1.82, 2.24) is 4.98 Å². The Kier molecular flexibility index (Phi) is 3.52. The van der Waals surface area contributed by atoms with E-state index in [0.717, 1.165) is 15.6 Å². The molecule has 0 spiro atoms. The Balaban J connectivity index is 2.00. The number of aromatic nitrogens is 1. The molecule has 3 aromatic rings. The van der Waals surface area contributed by atoms with E-state index in [2.05, 4.69) is 20.9 Å². The minimum atomic E-state index is 0.597. The van der Waals surface area contributed by atoms with E-state index < -0.39 is 0 Å². The lowest BCUT2D eigenvalue weighted by Gasteiger charge is -1.97. The molecule has 0 saturated heterocycles. The number of hydrogen-bond donors (Lipinski definition) is 0. The summed E-state index contributed by atoms with van der Waals surface area (Å²) in [5.41, 5.74) is 2.51. The third-order valence-corrected chi connectivity index (χ3v) is 3.74. The van der Waals surface area contributed by atoms with Gasteiger partial charge >= 0.3 is 0 Å². The number of nitrogens with zero attached hydrogens (tertiary/aromatic N) is 1. The summed E-state index contributed by atoms with van der Waals surface area (Å²) < 4.78 is 6.54. The number of benzene rings is 2. The molecule has 2 nitrogen and oxygen atoms in total. The van der Waals surface area contributed by atoms with Crippen LogP contribution in [0.2, 0.25) is 10.0 Å². The van der Waals surface area contributed by atoms with E-state index in [1.165, 1.54) is 0 Å². The van der Waals surface area contributed by atoms with Crippen LogP contribution < -0.4 is 0 Å². The van der Waals surface area contributed by atoms with Crippen LogP contribution in [0.25, 0.3) is 11.1 Å². The lowest BCUT2D eigenvalue weighted by atomic mass is 10.1. The van der Waals surface area contributed by atoms with Crippen molar-refractivity contribution in [1.29, 1.82) is 0 Å². The number of hydrogen-bond acceptors (Lipinski definition) is 2. The van der Waals surface area contributed by atoms with Crippen LogP contribution >= 0.6 is 39.1 Å². The van der Waals surface area contributed by atoms with Crippen molar-refractivity contribution < 1.29 is 4.42 Å². The van der Waals surface area contributed by atoms with Gasteiger partial charge in [0.25, 0.3) is 0 Å². The summed E-state index contributed by atoms with van der Waals surface area (Å²) in [5.74, 6) is 0.639. The maximum Gasteiger partial charge on any atom is 0.199 e. The van der Waals surface area contributed by atoms with Crippen LogP contribution in [-0.2, 0) is 6.42 Å². The largest absolute Gasteiger partial charge is 0.439 e. The third-order valence-electron chi connectivity index (χ3n) is 2.70. The highest BCUT2D eigenvalue weighted by atomic mass is 79.9. The summed E-state index contributed by atoms with van der Waals surface area (Å²) in [6, 6.07) is 11.2. The maximum absolute atomic E-state index is 5.99. The fraction of sp³-hybridized carbons (Fsp3) is 0.0714. The predicted molar refractivity (Wildman–Crippen MR) is 81.0 cm³/mol. The van der Waals surface area contributed by atoms with Crippen LogP contribution in [0.15, 0.2) is 45.3 Å². The van der Waals surface area contributed by atoms with Crippen molar-refractivity contribution in [3.8, 4) is 0 Å². The van der Waals surface area contributed by atoms with Gasteiger partial charge in [-0.1, -0.05) is 35.3 Å². The topological polar surface area (TPSA) is 26.0 Å². The summed E-state index contributed by atoms with van der Waals surface area (Å²) >= 11 is 15.4. The summed E-state index contributed by atoms with van der Waals surface area (Å²) in [5, 5.41) is 1.33. The van der Waals surface area contributed by atoms with E-state index >= 15 is 0 Å². The molecule has 0 bridgehead atoms. The van der Waals surface area contributed by atoms with Crippen LogP contribution in [-0.4, -0.2) is 4.98 Å². The van der Waals surface area contributed by atoms with Crippen LogP contribution in [0.3, 0.4) is 0 Å². The SMILES string of the molecule is Clc1cccc(Cc2nc3cc(Cl)cc(Br)c3o2)c1. The van der Waals surface area contributed by atoms with Crippen LogP contribution in [0.1, 0.15) is 11.5 Å². The summed E-state index contributed by atoms with van der Waals surface area (Å²) in [4.78, 5) is 4.44. The van der Waals surface area contributed by atoms with Gasteiger partial charge in [-0.05, 0) is 45.8 Å². The molecule has 3 rings (SSSR count). The second kappa shape index (κ2) is 5.16. The maximum atomic E-state index is 5.99. The highest BCUT2D eigenvalue weighted by Gasteiger charge is 2.10. The number of halogens is 3. The lowest BCUT2D eigenvalue weighted by Crippen LogP contribution is -1.87. The molecule has 2 aromatic carbocycles. The molecule has 5 heteroatoms. The minimum Gasteiger partial charge on any atom is -0.439 e. The molecule has 0 N–H and O–H groups in total. The Morgan fingerprint density at radius 1 is 1.11 bits per heavy atom. The van der Waals surface area contributed by atoms with Gasteiger partial charge in [-0.3, -0.25) is 0 Å². The van der Waals surface area contributed by atoms with Gasteiger partial charge in [0.1, 0.15) is 5.52 Å². The highest BCUT2D eigenvalue weighted by Crippen LogP contribution is 2.29. The molecule has 96 valence electrons. The summed E-state index contributed by atoms with van der Waals surface area (Å²) in [6.07, 6.45) is 0.597. The van der Waals surface area contributed by atoms with Gasteiger partial charge in [-0.25, -0.2) is 4.98 Å². The fourth-order valence-electron chi connectivity index (χ4n) is 1.90. The second-order valence-electron chi connectivity index (χ2n) is 4.15. The van der Waals surface area contributed by atoms with E-state index in [9.17, 15) is 0 Å². The zero-order valence-corrected chi connectivity index (χ0v) is 12.8. The Hall–Kier alpha value is -1.03. The number of rotatable bonds is 2. The van der Waals surface area contributed by atoms with Gasteiger partial charge in [0.2, 0.25) is 0 Å². The van der Waals surface area contributed by atoms with E-state index in [0.29, 0.717) is 27.9 Å². The molecule has 0 atom stereocenters. The quantitative estimate of drug-likeness (QED) is 0.606. The van der Waals surface area contributed by atoms with Gasteiger partial charge in [0, 0.05) is 16.5 Å². The van der Waals surface area contributed by atoms with E-state index in [1.807, 2.05) is 24.3 Å². The Morgan fingerprint density at radius 3 is 2.74 bits per heavy atom. The first-order valence-corrected chi connectivity index (χ1v) is 7.15. The van der Waals surface area contributed by atoms with E-state index in [4.69, 9.17) is 27.6 Å². The molecule has 0 amide bonds. The molecule has 0 aliphatic heterocycles. The van der Waals surface area contributed by atoms with Gasteiger partial charge < -0.3 is 4.42 Å². The van der Waals surface area contributed by atoms with Gasteiger partial charge in [0.15, 0.2) is 11.5 Å². The molecule has 0 aliphatic carbocycles. The van der Waals surface area contributed by atoms with E-state index in [-0.39, 0.29) is 0 Å². The molecule has 0 unspecified atom stereocenters. The molecule has 0 aliphatic rings. The number of fused-ring (bicyclic) bond motifs is 1. The normalized spacial score (nSPS) is 11.1. The Labute approximate surface area is 128 Å². The first-order chi connectivity index (χ1) is 9.11. The minimum absolute atomic E-state index is 0.597. The molecule has 19 heavy (non-hydrogen) atoms. The first-order valence-electron chi connectivity index (χ1n) is 5.61. The van der Waals surface area contributed by atoms with Crippen molar-refractivity contribution in [2.24, 2.45) is 0 Å². The monoisotopic (exact) mass is 355 g/mol. The standard InChI is InChI=1S/C14H8BrCl2NO/c15-11-6-10(17)7-12-14(11)19-13(18-12)5-8-2-1-3-9(16)4-8/h1-4,6-7H,5H2. The fourth-order valence-corrected chi connectivity index (χ4v) is 2.99. The predicted octanol–water partition coefficient (Wildman–Crippen LogP) is 5.49. The van der Waals surface area contributed by atoms with Crippen LogP contribution in [0, 0.1) is 0 Å². The zero-order valence-electron chi connectivity index (χ0n) is 9.66. The Bertz CT molecular complexity index is 754.